The molecular formula is C24H23N5O5. The van der Waals surface area contributed by atoms with Gasteiger partial charge in [-0.1, -0.05) is 13.3 Å². The summed E-state index contributed by atoms with van der Waals surface area (Å²) in [6, 6.07) is 10.5. The Balaban J connectivity index is 1.71. The number of benzene rings is 1. The number of carbonyl (C=O) groups is 1. The highest BCUT2D eigenvalue weighted by molar-refractivity contribution is 5.89. The van der Waals surface area contributed by atoms with Crippen LogP contribution in [0.4, 0.5) is 0 Å². The number of unbranched alkanes of at least 4 members (excludes halogenated alkanes) is 1. The largest absolute Gasteiger partial charge is 0.463 e. The highest BCUT2D eigenvalue weighted by atomic mass is 16.5. The van der Waals surface area contributed by atoms with Crippen LogP contribution >= 0.6 is 0 Å². The predicted molar refractivity (Wildman–Crippen MR) is 125 cm³/mol. The number of carbonyl (C=O) groups excluding carboxylic acids is 1. The van der Waals surface area contributed by atoms with E-state index in [0.29, 0.717) is 35.1 Å². The van der Waals surface area contributed by atoms with Gasteiger partial charge < -0.3 is 9.15 Å². The van der Waals surface area contributed by atoms with Crippen LogP contribution in [0.2, 0.25) is 0 Å². The van der Waals surface area contributed by atoms with Gasteiger partial charge in [-0.05, 0) is 42.8 Å². The molecule has 1 aromatic carbocycles. The molecule has 0 unspecified atom stereocenters. The van der Waals surface area contributed by atoms with Crippen LogP contribution in [0.3, 0.4) is 0 Å². The molecule has 0 spiro atoms. The van der Waals surface area contributed by atoms with Crippen LogP contribution in [0, 0.1) is 0 Å². The Morgan fingerprint density at radius 3 is 2.53 bits per heavy atom. The number of hydrogen-bond acceptors (Lipinski definition) is 6. The Morgan fingerprint density at radius 2 is 1.85 bits per heavy atom. The second kappa shape index (κ2) is 8.22. The van der Waals surface area contributed by atoms with E-state index in [0.717, 1.165) is 17.4 Å². The smallest absolute Gasteiger partial charge is 0.338 e. The lowest BCUT2D eigenvalue weighted by Gasteiger charge is -2.09. The maximum atomic E-state index is 13.0. The van der Waals surface area contributed by atoms with Gasteiger partial charge in [0.05, 0.1) is 18.4 Å². The van der Waals surface area contributed by atoms with Crippen molar-refractivity contribution in [3.05, 3.63) is 75.3 Å². The minimum absolute atomic E-state index is 0.277. The molecule has 10 heteroatoms. The van der Waals surface area contributed by atoms with Crippen LogP contribution in [-0.2, 0) is 18.8 Å². The molecule has 5 rings (SSSR count). The lowest BCUT2D eigenvalue weighted by atomic mass is 10.2. The molecule has 0 bridgehead atoms. The van der Waals surface area contributed by atoms with Gasteiger partial charge in [0.25, 0.3) is 5.56 Å². The van der Waals surface area contributed by atoms with Crippen molar-refractivity contribution < 1.29 is 13.9 Å². The molecule has 0 fully saturated rings. The van der Waals surface area contributed by atoms with Crippen molar-refractivity contribution in [1.29, 1.82) is 0 Å². The average molecular weight is 461 g/mol. The molecule has 5 aromatic rings. The van der Waals surface area contributed by atoms with Gasteiger partial charge in [-0.25, -0.2) is 9.59 Å². The van der Waals surface area contributed by atoms with Gasteiger partial charge in [-0.3, -0.25) is 22.9 Å². The number of rotatable bonds is 6. The van der Waals surface area contributed by atoms with Crippen molar-refractivity contribution in [3.63, 3.8) is 0 Å². The van der Waals surface area contributed by atoms with Crippen LogP contribution in [0.1, 0.15) is 30.1 Å². The third-order valence-electron chi connectivity index (χ3n) is 5.83. The van der Waals surface area contributed by atoms with Crippen molar-refractivity contribution in [2.75, 3.05) is 6.61 Å². The van der Waals surface area contributed by atoms with Gasteiger partial charge in [0, 0.05) is 26.0 Å². The predicted octanol–water partition coefficient (Wildman–Crippen LogP) is 2.89. The Labute approximate surface area is 193 Å². The summed E-state index contributed by atoms with van der Waals surface area (Å²) in [5.74, 6) is 0.621. The molecule has 0 amide bonds. The Kier molecular flexibility index (Phi) is 5.20. The molecule has 4 aromatic heterocycles. The Hall–Kier alpha value is -4.34. The monoisotopic (exact) mass is 461 g/mol. The number of imidazole rings is 2. The normalized spacial score (nSPS) is 11.5. The van der Waals surface area contributed by atoms with Crippen LogP contribution in [-0.4, -0.2) is 35.7 Å². The van der Waals surface area contributed by atoms with Crippen molar-refractivity contribution in [1.82, 2.24) is 23.1 Å². The van der Waals surface area contributed by atoms with Gasteiger partial charge >= 0.3 is 11.7 Å². The molecule has 0 aliphatic rings. The first-order chi connectivity index (χ1) is 16.4. The quantitative estimate of drug-likeness (QED) is 0.284. The fraction of sp³-hybridized carbons (Fsp3) is 0.250. The highest BCUT2D eigenvalue weighted by Gasteiger charge is 2.22. The summed E-state index contributed by atoms with van der Waals surface area (Å²) in [6.07, 6.45) is 5.07. The summed E-state index contributed by atoms with van der Waals surface area (Å²) >= 11 is 0. The topological polar surface area (TPSA) is 106 Å². The zero-order valence-electron chi connectivity index (χ0n) is 19.0. The standard InChI is InChI=1S/C24H23N5O5/c1-4-5-12-34-22(31)15-8-10-16(11-9-15)29-17(18-7-6-13-33-18)14-28-19-20(25-23(28)29)26(2)24(32)27(3)21(19)30/h6-11,13-14H,4-5,12H2,1-3H3. The number of fused-ring (bicyclic) bond motifs is 3. The molecule has 0 aliphatic heterocycles. The van der Waals surface area contributed by atoms with Gasteiger partial charge in [0.1, 0.15) is 5.69 Å². The summed E-state index contributed by atoms with van der Waals surface area (Å²) in [5.41, 5.74) is 1.45. The van der Waals surface area contributed by atoms with Gasteiger partial charge in [-0.15, -0.1) is 0 Å². The average Bonchev–Trinajstić information content (AvgIpc) is 3.57. The van der Waals surface area contributed by atoms with Gasteiger partial charge in [-0.2, -0.15) is 4.98 Å². The van der Waals surface area contributed by atoms with Crippen LogP contribution in [0.5, 0.6) is 0 Å². The van der Waals surface area contributed by atoms with E-state index in [-0.39, 0.29) is 17.1 Å². The minimum Gasteiger partial charge on any atom is -0.463 e. The van der Waals surface area contributed by atoms with E-state index in [9.17, 15) is 14.4 Å². The van der Waals surface area contributed by atoms with Crippen molar-refractivity contribution in [2.45, 2.75) is 19.8 Å². The number of hydrogen-bond donors (Lipinski definition) is 0. The summed E-state index contributed by atoms with van der Waals surface area (Å²) in [4.78, 5) is 42.3. The lowest BCUT2D eigenvalue weighted by Crippen LogP contribution is -2.37. The fourth-order valence-electron chi connectivity index (χ4n) is 3.96. The molecular weight excluding hydrogens is 438 g/mol. The number of nitrogens with zero attached hydrogens (tertiary/aromatic N) is 5. The first-order valence-electron chi connectivity index (χ1n) is 10.9. The third-order valence-corrected chi connectivity index (χ3v) is 5.83. The fourth-order valence-corrected chi connectivity index (χ4v) is 3.96. The van der Waals surface area contributed by atoms with Gasteiger partial charge in [0.2, 0.25) is 5.78 Å². The number of furan rings is 1. The van der Waals surface area contributed by atoms with Crippen molar-refractivity contribution >= 4 is 22.9 Å². The van der Waals surface area contributed by atoms with Gasteiger partial charge in [0.15, 0.2) is 16.9 Å². The molecule has 0 N–H and O–H groups in total. The third kappa shape index (κ3) is 3.26. The highest BCUT2D eigenvalue weighted by Crippen LogP contribution is 2.29. The van der Waals surface area contributed by atoms with E-state index in [4.69, 9.17) is 9.15 Å². The summed E-state index contributed by atoms with van der Waals surface area (Å²) in [6.45, 7) is 2.41. The Morgan fingerprint density at radius 1 is 1.09 bits per heavy atom. The van der Waals surface area contributed by atoms with Crippen molar-refractivity contribution in [2.24, 2.45) is 14.1 Å². The number of ether oxygens (including phenoxy) is 1. The van der Waals surface area contributed by atoms with E-state index >= 15 is 0 Å². The minimum atomic E-state index is -0.456. The number of aryl methyl sites for hydroxylation is 1. The maximum absolute atomic E-state index is 13.0. The number of aromatic nitrogens is 5. The molecule has 0 saturated heterocycles. The Bertz CT molecular complexity index is 1630. The zero-order valence-corrected chi connectivity index (χ0v) is 19.0. The molecule has 34 heavy (non-hydrogen) atoms. The van der Waals surface area contributed by atoms with E-state index in [2.05, 4.69) is 4.98 Å². The number of esters is 1. The van der Waals surface area contributed by atoms with E-state index < -0.39 is 11.2 Å². The second-order valence-corrected chi connectivity index (χ2v) is 8.02. The van der Waals surface area contributed by atoms with E-state index in [1.165, 1.54) is 11.6 Å². The van der Waals surface area contributed by atoms with Crippen molar-refractivity contribution in [3.8, 4) is 17.1 Å². The molecule has 174 valence electrons. The lowest BCUT2D eigenvalue weighted by molar-refractivity contribution is 0.0500. The summed E-state index contributed by atoms with van der Waals surface area (Å²) in [7, 11) is 3.01. The molecule has 4 heterocycles. The summed E-state index contributed by atoms with van der Waals surface area (Å²) in [5, 5.41) is 0. The van der Waals surface area contributed by atoms with Crippen LogP contribution < -0.4 is 11.2 Å². The molecule has 0 atom stereocenters. The molecule has 0 saturated carbocycles. The zero-order chi connectivity index (χ0) is 24.0. The summed E-state index contributed by atoms with van der Waals surface area (Å²) < 4.78 is 16.8. The maximum Gasteiger partial charge on any atom is 0.338 e. The van der Waals surface area contributed by atoms with E-state index in [1.807, 2.05) is 11.5 Å². The molecule has 0 aliphatic carbocycles. The molecule has 0 radical (unpaired) electrons. The van der Waals surface area contributed by atoms with Crippen LogP contribution in [0.25, 0.3) is 34.1 Å². The first kappa shape index (κ1) is 21.5. The van der Waals surface area contributed by atoms with E-state index in [1.54, 1.807) is 60.3 Å². The SMILES string of the molecule is CCCCOC(=O)c1ccc(-n2c(-c3ccco3)cn3c4c(=O)n(C)c(=O)n(C)c4nc23)cc1. The second-order valence-electron chi connectivity index (χ2n) is 8.02. The van der Waals surface area contributed by atoms with Crippen LogP contribution in [0.15, 0.2) is 62.9 Å². The first-order valence-corrected chi connectivity index (χ1v) is 10.9. The molecule has 10 nitrogen and oxygen atoms in total.